The molecule has 0 saturated heterocycles. The van der Waals surface area contributed by atoms with E-state index in [0.29, 0.717) is 24.0 Å². The van der Waals surface area contributed by atoms with Gasteiger partial charge in [-0.1, -0.05) is 30.0 Å². The van der Waals surface area contributed by atoms with Gasteiger partial charge < -0.3 is 15.0 Å². The number of carbonyl (C=O) groups is 1. The van der Waals surface area contributed by atoms with E-state index in [2.05, 4.69) is 25.5 Å². The molecule has 1 amide bonds. The Morgan fingerprint density at radius 1 is 1.39 bits per heavy atom. The number of aromatic nitrogens is 4. The number of aromatic amines is 1. The SMILES string of the molecule is COCCNC(=O)[C@H](C)Sc1nnc2c(n1)[nH]c1ccccc12. The smallest absolute Gasteiger partial charge is 0.233 e. The molecule has 0 bridgehead atoms. The number of amides is 1. The molecular weight excluding hydrogens is 314 g/mol. The third-order valence-corrected chi connectivity index (χ3v) is 4.31. The van der Waals surface area contributed by atoms with Crippen molar-refractivity contribution in [1.82, 2.24) is 25.5 Å². The molecule has 8 heteroatoms. The standard InChI is InChI=1S/C15H17N5O2S/c1-9(14(21)16-7-8-22-2)23-15-18-13-12(19-20-15)10-5-3-4-6-11(10)17-13/h3-6,9H,7-8H2,1-2H3,(H,16,21)(H,17,18,20)/t9-/m0/s1. The number of para-hydroxylation sites is 1. The molecule has 0 spiro atoms. The van der Waals surface area contributed by atoms with Gasteiger partial charge in [-0.2, -0.15) is 0 Å². The number of H-pyrrole nitrogens is 1. The number of methoxy groups -OCH3 is 1. The zero-order chi connectivity index (χ0) is 16.2. The number of fused-ring (bicyclic) bond motifs is 3. The van der Waals surface area contributed by atoms with E-state index in [1.165, 1.54) is 11.8 Å². The molecule has 3 rings (SSSR count). The minimum Gasteiger partial charge on any atom is -0.383 e. The molecule has 7 nitrogen and oxygen atoms in total. The van der Waals surface area contributed by atoms with Crippen molar-refractivity contribution < 1.29 is 9.53 Å². The van der Waals surface area contributed by atoms with Crippen LogP contribution in [0.5, 0.6) is 0 Å². The van der Waals surface area contributed by atoms with Crippen LogP contribution in [0.15, 0.2) is 29.4 Å². The molecule has 2 aromatic heterocycles. The first-order chi connectivity index (χ1) is 11.2. The van der Waals surface area contributed by atoms with Gasteiger partial charge in [0.1, 0.15) is 5.52 Å². The number of ether oxygens (including phenoxy) is 1. The lowest BCUT2D eigenvalue weighted by Crippen LogP contribution is -2.33. The van der Waals surface area contributed by atoms with Crippen LogP contribution in [0.3, 0.4) is 0 Å². The molecular formula is C15H17N5O2S. The lowest BCUT2D eigenvalue weighted by molar-refractivity contribution is -0.120. The van der Waals surface area contributed by atoms with Crippen LogP contribution >= 0.6 is 11.8 Å². The molecule has 0 unspecified atom stereocenters. The van der Waals surface area contributed by atoms with Gasteiger partial charge in [-0.3, -0.25) is 4.79 Å². The largest absolute Gasteiger partial charge is 0.383 e. The maximum atomic E-state index is 12.0. The number of rotatable bonds is 6. The van der Waals surface area contributed by atoms with Gasteiger partial charge in [-0.15, -0.1) is 10.2 Å². The summed E-state index contributed by atoms with van der Waals surface area (Å²) in [6, 6.07) is 7.85. The average molecular weight is 331 g/mol. The zero-order valence-corrected chi connectivity index (χ0v) is 13.7. The monoisotopic (exact) mass is 331 g/mol. The third kappa shape index (κ3) is 3.43. The van der Waals surface area contributed by atoms with Crippen LogP contribution in [0.1, 0.15) is 6.92 Å². The third-order valence-electron chi connectivity index (χ3n) is 3.36. The maximum Gasteiger partial charge on any atom is 0.233 e. The molecule has 0 radical (unpaired) electrons. The first-order valence-electron chi connectivity index (χ1n) is 7.23. The summed E-state index contributed by atoms with van der Waals surface area (Å²) >= 11 is 1.28. The van der Waals surface area contributed by atoms with E-state index in [4.69, 9.17) is 4.74 Å². The van der Waals surface area contributed by atoms with Crippen molar-refractivity contribution in [1.29, 1.82) is 0 Å². The average Bonchev–Trinajstić information content (AvgIpc) is 2.92. The summed E-state index contributed by atoms with van der Waals surface area (Å²) in [4.78, 5) is 19.6. The number of hydrogen-bond donors (Lipinski definition) is 2. The maximum absolute atomic E-state index is 12.0. The van der Waals surface area contributed by atoms with Gasteiger partial charge in [0.15, 0.2) is 5.65 Å². The summed E-state index contributed by atoms with van der Waals surface area (Å²) in [7, 11) is 1.60. The lowest BCUT2D eigenvalue weighted by atomic mass is 10.2. The fourth-order valence-corrected chi connectivity index (χ4v) is 2.93. The Morgan fingerprint density at radius 2 is 2.22 bits per heavy atom. The number of carbonyl (C=O) groups excluding carboxylic acids is 1. The number of hydrogen-bond acceptors (Lipinski definition) is 6. The Hall–Kier alpha value is -2.19. The van der Waals surface area contributed by atoms with Crippen LogP contribution < -0.4 is 5.32 Å². The predicted octanol–water partition coefficient (Wildman–Crippen LogP) is 1.75. The van der Waals surface area contributed by atoms with Crippen molar-refractivity contribution >= 4 is 39.7 Å². The molecule has 0 saturated carbocycles. The second kappa shape index (κ2) is 6.93. The molecule has 2 heterocycles. The molecule has 1 atom stereocenters. The molecule has 0 aliphatic carbocycles. The summed E-state index contributed by atoms with van der Waals surface area (Å²) in [6.45, 7) is 2.79. The Labute approximate surface area is 137 Å². The van der Waals surface area contributed by atoms with E-state index in [0.717, 1.165) is 16.4 Å². The summed E-state index contributed by atoms with van der Waals surface area (Å²) in [5.41, 5.74) is 2.38. The van der Waals surface area contributed by atoms with Gasteiger partial charge in [0.25, 0.3) is 0 Å². The van der Waals surface area contributed by atoms with E-state index < -0.39 is 0 Å². The Bertz CT molecular complexity index is 835. The minimum atomic E-state index is -0.310. The van der Waals surface area contributed by atoms with Gasteiger partial charge in [0.05, 0.1) is 11.9 Å². The van der Waals surface area contributed by atoms with Crippen molar-refractivity contribution in [2.24, 2.45) is 0 Å². The topological polar surface area (TPSA) is 92.8 Å². The van der Waals surface area contributed by atoms with Crippen molar-refractivity contribution in [2.45, 2.75) is 17.3 Å². The van der Waals surface area contributed by atoms with Crippen LogP contribution in [0.25, 0.3) is 22.1 Å². The lowest BCUT2D eigenvalue weighted by Gasteiger charge is -2.10. The fraction of sp³-hybridized carbons (Fsp3) is 0.333. The van der Waals surface area contributed by atoms with Crippen molar-refractivity contribution in [2.75, 3.05) is 20.3 Å². The van der Waals surface area contributed by atoms with Crippen molar-refractivity contribution in [3.8, 4) is 0 Å². The van der Waals surface area contributed by atoms with Crippen LogP contribution in [-0.2, 0) is 9.53 Å². The summed E-state index contributed by atoms with van der Waals surface area (Å²) in [5.74, 6) is -0.0765. The number of benzene rings is 1. The Kier molecular flexibility index (Phi) is 4.73. The van der Waals surface area contributed by atoms with E-state index in [1.807, 2.05) is 31.2 Å². The molecule has 0 aliphatic heterocycles. The van der Waals surface area contributed by atoms with Gasteiger partial charge in [-0.05, 0) is 13.0 Å². The van der Waals surface area contributed by atoms with Gasteiger partial charge >= 0.3 is 0 Å². The summed E-state index contributed by atoms with van der Waals surface area (Å²) in [6.07, 6.45) is 0. The Balaban J connectivity index is 1.75. The normalized spacial score (nSPS) is 12.6. The molecule has 3 aromatic rings. The molecule has 0 aliphatic rings. The van der Waals surface area contributed by atoms with Gasteiger partial charge in [-0.25, -0.2) is 4.98 Å². The molecule has 120 valence electrons. The second-order valence-electron chi connectivity index (χ2n) is 5.01. The summed E-state index contributed by atoms with van der Waals surface area (Å²) < 4.78 is 4.91. The minimum absolute atomic E-state index is 0.0765. The van der Waals surface area contributed by atoms with Crippen molar-refractivity contribution in [3.63, 3.8) is 0 Å². The highest BCUT2D eigenvalue weighted by molar-refractivity contribution is 8.00. The zero-order valence-electron chi connectivity index (χ0n) is 12.9. The second-order valence-corrected chi connectivity index (χ2v) is 6.31. The number of nitrogens with zero attached hydrogens (tertiary/aromatic N) is 3. The van der Waals surface area contributed by atoms with E-state index >= 15 is 0 Å². The quantitative estimate of drug-likeness (QED) is 0.528. The first-order valence-corrected chi connectivity index (χ1v) is 8.11. The first kappa shape index (κ1) is 15.7. The highest BCUT2D eigenvalue weighted by Gasteiger charge is 2.17. The number of nitrogens with one attached hydrogen (secondary N) is 2. The highest BCUT2D eigenvalue weighted by Crippen LogP contribution is 2.24. The predicted molar refractivity (Wildman–Crippen MR) is 89.4 cm³/mol. The van der Waals surface area contributed by atoms with E-state index in [1.54, 1.807) is 7.11 Å². The summed E-state index contributed by atoms with van der Waals surface area (Å²) in [5, 5.41) is 12.3. The molecule has 2 N–H and O–H groups in total. The van der Waals surface area contributed by atoms with Crippen LogP contribution in [0.4, 0.5) is 0 Å². The highest BCUT2D eigenvalue weighted by atomic mass is 32.2. The fourth-order valence-electron chi connectivity index (χ4n) is 2.19. The molecule has 1 aromatic carbocycles. The van der Waals surface area contributed by atoms with E-state index in [9.17, 15) is 4.79 Å². The van der Waals surface area contributed by atoms with Crippen LogP contribution in [0, 0.1) is 0 Å². The van der Waals surface area contributed by atoms with Crippen LogP contribution in [0.2, 0.25) is 0 Å². The van der Waals surface area contributed by atoms with Crippen LogP contribution in [-0.4, -0.2) is 51.6 Å². The number of thioether (sulfide) groups is 1. The molecule has 23 heavy (non-hydrogen) atoms. The Morgan fingerprint density at radius 3 is 3.04 bits per heavy atom. The molecule has 0 fully saturated rings. The van der Waals surface area contributed by atoms with Gasteiger partial charge in [0.2, 0.25) is 11.1 Å². The van der Waals surface area contributed by atoms with Gasteiger partial charge in [0, 0.05) is 24.6 Å². The van der Waals surface area contributed by atoms with E-state index in [-0.39, 0.29) is 11.2 Å². The van der Waals surface area contributed by atoms with Crippen molar-refractivity contribution in [3.05, 3.63) is 24.3 Å².